The van der Waals surface area contributed by atoms with Crippen molar-refractivity contribution in [2.75, 3.05) is 72.6 Å². The van der Waals surface area contributed by atoms with Crippen molar-refractivity contribution in [2.45, 2.75) is 32.0 Å². The highest BCUT2D eigenvalue weighted by Crippen LogP contribution is 2.25. The van der Waals surface area contributed by atoms with Gasteiger partial charge in [-0.15, -0.1) is 24.0 Å². The minimum absolute atomic E-state index is 0. The van der Waals surface area contributed by atoms with Crippen LogP contribution in [0.15, 0.2) is 4.99 Å². The van der Waals surface area contributed by atoms with E-state index >= 15 is 0 Å². The molecule has 160 valence electrons. The lowest BCUT2D eigenvalue weighted by Crippen LogP contribution is -2.56. The van der Waals surface area contributed by atoms with E-state index in [9.17, 15) is 13.2 Å². The van der Waals surface area contributed by atoms with Crippen LogP contribution in [0.25, 0.3) is 0 Å². The van der Waals surface area contributed by atoms with Crippen LogP contribution in [-0.2, 0) is 4.74 Å². The summed E-state index contributed by atoms with van der Waals surface area (Å²) in [6.07, 6.45) is -2.01. The van der Waals surface area contributed by atoms with Gasteiger partial charge in [0.2, 0.25) is 0 Å². The molecule has 6 nitrogen and oxygen atoms in total. The number of piperazine rings is 1. The fourth-order valence-electron chi connectivity index (χ4n) is 3.35. The molecule has 0 aromatic rings. The van der Waals surface area contributed by atoms with E-state index in [2.05, 4.69) is 15.2 Å². The number of hydrogen-bond acceptors (Lipinski definition) is 4. The Labute approximate surface area is 177 Å². The van der Waals surface area contributed by atoms with Crippen LogP contribution in [0.5, 0.6) is 0 Å². The quantitative estimate of drug-likeness (QED) is 0.258. The molecular formula is C17H33F3IN5O. The van der Waals surface area contributed by atoms with Crippen LogP contribution >= 0.6 is 24.0 Å². The fourth-order valence-corrected chi connectivity index (χ4v) is 3.35. The summed E-state index contributed by atoms with van der Waals surface area (Å²) in [6.45, 7) is 8.74. The Kier molecular flexibility index (Phi) is 11.2. The lowest BCUT2D eigenvalue weighted by Gasteiger charge is -2.39. The van der Waals surface area contributed by atoms with E-state index in [1.165, 1.54) is 11.8 Å². The maximum Gasteiger partial charge on any atom is 0.403 e. The van der Waals surface area contributed by atoms with Crippen molar-refractivity contribution < 1.29 is 17.9 Å². The molecule has 1 N–H and O–H groups in total. The molecule has 0 aromatic heterocycles. The van der Waals surface area contributed by atoms with Gasteiger partial charge in [0.15, 0.2) is 5.96 Å². The van der Waals surface area contributed by atoms with Crippen molar-refractivity contribution in [3.8, 4) is 0 Å². The maximum atomic E-state index is 12.8. The normalized spacial score (nSPS) is 21.7. The zero-order valence-electron chi connectivity index (χ0n) is 16.3. The molecule has 1 atom stereocenters. The summed E-state index contributed by atoms with van der Waals surface area (Å²) < 4.78 is 43.8. The van der Waals surface area contributed by atoms with E-state index in [-0.39, 0.29) is 24.0 Å². The molecule has 2 aliphatic rings. The predicted molar refractivity (Wildman–Crippen MR) is 112 cm³/mol. The maximum absolute atomic E-state index is 12.8. The first-order chi connectivity index (χ1) is 12.4. The SMILES string of the molecule is CN=C(NCCCCN1CCOCC1)N1CCN(C(C)C(F)(F)F)CC1.I. The number of nitrogens with one attached hydrogen (secondary N) is 1. The largest absolute Gasteiger partial charge is 0.403 e. The molecule has 0 aromatic carbocycles. The number of rotatable bonds is 6. The summed E-state index contributed by atoms with van der Waals surface area (Å²) in [4.78, 5) is 10.2. The molecule has 27 heavy (non-hydrogen) atoms. The second-order valence-electron chi connectivity index (χ2n) is 6.88. The third kappa shape index (κ3) is 8.28. The highest BCUT2D eigenvalue weighted by atomic mass is 127. The van der Waals surface area contributed by atoms with Crippen LogP contribution < -0.4 is 5.32 Å². The first-order valence-corrected chi connectivity index (χ1v) is 9.48. The number of guanidine groups is 1. The van der Waals surface area contributed by atoms with E-state index in [1.807, 2.05) is 4.90 Å². The standard InChI is InChI=1S/C17H32F3N5O.HI/c1-15(17(18,19)20)24-7-9-25(10-8-24)16(21-2)22-5-3-4-6-23-11-13-26-14-12-23;/h15H,3-14H2,1-2H3,(H,21,22);1H. The Morgan fingerprint density at radius 2 is 1.70 bits per heavy atom. The van der Waals surface area contributed by atoms with Gasteiger partial charge in [-0.05, 0) is 26.3 Å². The Hall–Kier alpha value is -0.330. The second-order valence-corrected chi connectivity index (χ2v) is 6.88. The highest BCUT2D eigenvalue weighted by molar-refractivity contribution is 14.0. The van der Waals surface area contributed by atoms with Crippen molar-refractivity contribution in [3.05, 3.63) is 0 Å². The Morgan fingerprint density at radius 3 is 2.26 bits per heavy atom. The zero-order chi connectivity index (χ0) is 19.0. The molecule has 2 fully saturated rings. The molecular weight excluding hydrogens is 474 g/mol. The first kappa shape index (κ1) is 24.7. The molecule has 0 spiro atoms. The molecule has 1 unspecified atom stereocenters. The first-order valence-electron chi connectivity index (χ1n) is 9.48. The van der Waals surface area contributed by atoms with Gasteiger partial charge in [0.1, 0.15) is 6.04 Å². The Bertz CT molecular complexity index is 439. The van der Waals surface area contributed by atoms with Crippen molar-refractivity contribution in [1.29, 1.82) is 0 Å². The summed E-state index contributed by atoms with van der Waals surface area (Å²) >= 11 is 0. The van der Waals surface area contributed by atoms with Crippen molar-refractivity contribution in [1.82, 2.24) is 20.0 Å². The van der Waals surface area contributed by atoms with Crippen LogP contribution in [0.1, 0.15) is 19.8 Å². The molecule has 2 heterocycles. The van der Waals surface area contributed by atoms with Gasteiger partial charge in [-0.2, -0.15) is 13.2 Å². The number of halogens is 4. The van der Waals surface area contributed by atoms with Gasteiger partial charge in [0.05, 0.1) is 13.2 Å². The fraction of sp³-hybridized carbons (Fsp3) is 0.941. The monoisotopic (exact) mass is 507 g/mol. The van der Waals surface area contributed by atoms with Crippen molar-refractivity contribution in [3.63, 3.8) is 0 Å². The number of unbranched alkanes of at least 4 members (excludes halogenated alkanes) is 1. The van der Waals surface area contributed by atoms with Crippen LogP contribution in [0, 0.1) is 0 Å². The van der Waals surface area contributed by atoms with Gasteiger partial charge < -0.3 is 15.0 Å². The molecule has 2 saturated heterocycles. The van der Waals surface area contributed by atoms with Crippen molar-refractivity contribution >= 4 is 29.9 Å². The van der Waals surface area contributed by atoms with Gasteiger partial charge in [-0.3, -0.25) is 14.8 Å². The van der Waals surface area contributed by atoms with E-state index in [4.69, 9.17) is 4.74 Å². The third-order valence-electron chi connectivity index (χ3n) is 5.13. The number of aliphatic imine (C=N–C) groups is 1. The zero-order valence-corrected chi connectivity index (χ0v) is 18.6. The van der Waals surface area contributed by atoms with E-state index in [0.717, 1.165) is 58.2 Å². The molecule has 0 aliphatic carbocycles. The average Bonchev–Trinajstić information content (AvgIpc) is 2.64. The number of hydrogen-bond donors (Lipinski definition) is 1. The molecule has 2 aliphatic heterocycles. The van der Waals surface area contributed by atoms with E-state index in [1.54, 1.807) is 7.05 Å². The van der Waals surface area contributed by atoms with Crippen LogP contribution in [0.4, 0.5) is 13.2 Å². The average molecular weight is 507 g/mol. The smallest absolute Gasteiger partial charge is 0.379 e. The number of morpholine rings is 1. The lowest BCUT2D eigenvalue weighted by atomic mass is 10.2. The lowest BCUT2D eigenvalue weighted by molar-refractivity contribution is -0.181. The number of ether oxygens (including phenoxy) is 1. The Morgan fingerprint density at radius 1 is 1.07 bits per heavy atom. The second kappa shape index (κ2) is 12.3. The highest BCUT2D eigenvalue weighted by Gasteiger charge is 2.41. The summed E-state index contributed by atoms with van der Waals surface area (Å²) in [7, 11) is 1.72. The van der Waals surface area contributed by atoms with Crippen molar-refractivity contribution in [2.24, 2.45) is 4.99 Å². The minimum Gasteiger partial charge on any atom is -0.379 e. The van der Waals surface area contributed by atoms with Crippen LogP contribution in [-0.4, -0.2) is 105 Å². The molecule has 2 rings (SSSR count). The molecule has 0 bridgehead atoms. The van der Waals surface area contributed by atoms with Gasteiger partial charge in [-0.25, -0.2) is 0 Å². The van der Waals surface area contributed by atoms with Gasteiger partial charge in [-0.1, -0.05) is 0 Å². The Balaban J connectivity index is 0.00000364. The van der Waals surface area contributed by atoms with Gasteiger partial charge in [0.25, 0.3) is 0 Å². The summed E-state index contributed by atoms with van der Waals surface area (Å²) in [6, 6.07) is -1.39. The van der Waals surface area contributed by atoms with Crippen LogP contribution in [0.2, 0.25) is 0 Å². The number of nitrogens with zero attached hydrogens (tertiary/aromatic N) is 4. The molecule has 0 radical (unpaired) electrons. The van der Waals surface area contributed by atoms with E-state index in [0.29, 0.717) is 26.2 Å². The summed E-state index contributed by atoms with van der Waals surface area (Å²) in [5.41, 5.74) is 0. The predicted octanol–water partition coefficient (Wildman–Crippen LogP) is 1.86. The molecule has 0 saturated carbocycles. The molecule has 10 heteroatoms. The minimum atomic E-state index is -4.16. The summed E-state index contributed by atoms with van der Waals surface area (Å²) in [5.74, 6) is 0.788. The van der Waals surface area contributed by atoms with E-state index < -0.39 is 12.2 Å². The van der Waals surface area contributed by atoms with Crippen LogP contribution in [0.3, 0.4) is 0 Å². The van der Waals surface area contributed by atoms with Gasteiger partial charge >= 0.3 is 6.18 Å². The van der Waals surface area contributed by atoms with Gasteiger partial charge in [0, 0.05) is 52.9 Å². The third-order valence-corrected chi connectivity index (χ3v) is 5.13. The number of alkyl halides is 3. The topological polar surface area (TPSA) is 43.3 Å². The summed E-state index contributed by atoms with van der Waals surface area (Å²) in [5, 5.41) is 3.34. The molecule has 0 amide bonds.